The fourth-order valence-electron chi connectivity index (χ4n) is 2.40. The van der Waals surface area contributed by atoms with Crippen molar-refractivity contribution in [3.05, 3.63) is 35.9 Å². The lowest BCUT2D eigenvalue weighted by molar-refractivity contribution is -0.132. The number of hydrogen-bond donors (Lipinski definition) is 2. The third-order valence-corrected chi connectivity index (χ3v) is 3.56. The summed E-state index contributed by atoms with van der Waals surface area (Å²) in [6.45, 7) is 2.20. The summed E-state index contributed by atoms with van der Waals surface area (Å²) in [7, 11) is 0. The fourth-order valence-corrected chi connectivity index (χ4v) is 2.40. The van der Waals surface area contributed by atoms with Crippen molar-refractivity contribution in [3.63, 3.8) is 0 Å². The van der Waals surface area contributed by atoms with E-state index < -0.39 is 12.1 Å². The van der Waals surface area contributed by atoms with Crippen LogP contribution in [0.4, 0.5) is 4.79 Å². The van der Waals surface area contributed by atoms with Crippen molar-refractivity contribution >= 4 is 17.8 Å². The van der Waals surface area contributed by atoms with E-state index in [0.29, 0.717) is 19.4 Å². The Morgan fingerprint density at radius 1 is 1.27 bits per heavy atom. The smallest absolute Gasteiger partial charge is 0.325 e. The van der Waals surface area contributed by atoms with E-state index in [1.165, 1.54) is 0 Å². The molecule has 0 saturated carbocycles. The van der Waals surface area contributed by atoms with Crippen LogP contribution in [0.15, 0.2) is 30.3 Å². The molecule has 2 rings (SSSR count). The molecule has 1 unspecified atom stereocenters. The van der Waals surface area contributed by atoms with Gasteiger partial charge in [-0.25, -0.2) is 4.79 Å². The van der Waals surface area contributed by atoms with Crippen LogP contribution >= 0.6 is 0 Å². The molecule has 0 bridgehead atoms. The summed E-state index contributed by atoms with van der Waals surface area (Å²) in [5.74, 6) is -0.637. The number of imide groups is 1. The third-order valence-electron chi connectivity index (χ3n) is 3.56. The van der Waals surface area contributed by atoms with E-state index in [2.05, 4.69) is 10.6 Å². The first kappa shape index (κ1) is 16.0. The number of hydrogen-bond acceptors (Lipinski definition) is 3. The second-order valence-corrected chi connectivity index (χ2v) is 5.30. The average Bonchev–Trinajstić information content (AvgIpc) is 2.76. The summed E-state index contributed by atoms with van der Waals surface area (Å²) < 4.78 is 0. The van der Waals surface area contributed by atoms with E-state index in [1.807, 2.05) is 37.3 Å². The number of carbonyl (C=O) groups is 3. The van der Waals surface area contributed by atoms with Crippen LogP contribution in [0.25, 0.3) is 0 Å². The zero-order valence-electron chi connectivity index (χ0n) is 12.7. The number of benzene rings is 1. The molecule has 6 heteroatoms. The highest BCUT2D eigenvalue weighted by Crippen LogP contribution is 2.10. The summed E-state index contributed by atoms with van der Waals surface area (Å²) in [4.78, 5) is 36.6. The van der Waals surface area contributed by atoms with Crippen molar-refractivity contribution in [2.45, 2.75) is 32.2 Å². The van der Waals surface area contributed by atoms with Gasteiger partial charge in [0.25, 0.3) is 5.91 Å². The zero-order chi connectivity index (χ0) is 15.9. The summed E-state index contributed by atoms with van der Waals surface area (Å²) in [6.07, 6.45) is 2.11. The van der Waals surface area contributed by atoms with Crippen LogP contribution in [-0.2, 0) is 16.0 Å². The van der Waals surface area contributed by atoms with Gasteiger partial charge in [0.1, 0.15) is 12.6 Å². The second-order valence-electron chi connectivity index (χ2n) is 5.30. The number of urea groups is 1. The predicted octanol–water partition coefficient (Wildman–Crippen LogP) is 1.07. The Labute approximate surface area is 129 Å². The van der Waals surface area contributed by atoms with Gasteiger partial charge in [-0.3, -0.25) is 14.5 Å². The molecule has 6 nitrogen and oxygen atoms in total. The number of rotatable bonds is 7. The topological polar surface area (TPSA) is 78.5 Å². The lowest BCUT2D eigenvalue weighted by Gasteiger charge is -2.13. The molecule has 1 aromatic rings. The Morgan fingerprint density at radius 3 is 2.68 bits per heavy atom. The molecule has 1 aliphatic heterocycles. The summed E-state index contributed by atoms with van der Waals surface area (Å²) in [5.41, 5.74) is 1.13. The molecule has 1 saturated heterocycles. The van der Waals surface area contributed by atoms with E-state index in [9.17, 15) is 14.4 Å². The van der Waals surface area contributed by atoms with Gasteiger partial charge in [0.2, 0.25) is 5.91 Å². The van der Waals surface area contributed by atoms with Crippen LogP contribution in [0.5, 0.6) is 0 Å². The third kappa shape index (κ3) is 4.07. The van der Waals surface area contributed by atoms with Crippen molar-refractivity contribution < 1.29 is 14.4 Å². The first-order chi connectivity index (χ1) is 10.6. The van der Waals surface area contributed by atoms with Crippen molar-refractivity contribution in [1.29, 1.82) is 0 Å². The monoisotopic (exact) mass is 303 g/mol. The van der Waals surface area contributed by atoms with Crippen molar-refractivity contribution in [2.24, 2.45) is 0 Å². The van der Waals surface area contributed by atoms with Crippen LogP contribution < -0.4 is 10.6 Å². The van der Waals surface area contributed by atoms with E-state index >= 15 is 0 Å². The molecule has 0 aromatic heterocycles. The highest BCUT2D eigenvalue weighted by Gasteiger charge is 2.38. The molecule has 0 aliphatic carbocycles. The van der Waals surface area contributed by atoms with Gasteiger partial charge in [-0.05, 0) is 18.4 Å². The number of nitrogens with one attached hydrogen (secondary N) is 2. The lowest BCUT2D eigenvalue weighted by Crippen LogP contribution is -2.41. The normalized spacial score (nSPS) is 17.5. The maximum absolute atomic E-state index is 12.0. The molecule has 0 spiro atoms. The summed E-state index contributed by atoms with van der Waals surface area (Å²) in [6, 6.07) is 8.82. The summed E-state index contributed by atoms with van der Waals surface area (Å²) >= 11 is 0. The first-order valence-corrected chi connectivity index (χ1v) is 7.54. The molecule has 2 N–H and O–H groups in total. The molecule has 1 heterocycles. The van der Waals surface area contributed by atoms with Crippen LogP contribution in [0.2, 0.25) is 0 Å². The van der Waals surface area contributed by atoms with E-state index in [0.717, 1.165) is 16.9 Å². The van der Waals surface area contributed by atoms with Crippen LogP contribution in [-0.4, -0.2) is 41.9 Å². The molecule has 0 radical (unpaired) electrons. The SMILES string of the molecule is CCCC1NC(=O)N(CC(=O)NCCc2ccccc2)C1=O. The number of nitrogens with zero attached hydrogens (tertiary/aromatic N) is 1. The van der Waals surface area contributed by atoms with E-state index in [-0.39, 0.29) is 18.4 Å². The van der Waals surface area contributed by atoms with Gasteiger partial charge in [0, 0.05) is 6.54 Å². The van der Waals surface area contributed by atoms with Crippen LogP contribution in [0, 0.1) is 0 Å². The van der Waals surface area contributed by atoms with E-state index in [4.69, 9.17) is 0 Å². The van der Waals surface area contributed by atoms with Gasteiger partial charge < -0.3 is 10.6 Å². The largest absolute Gasteiger partial charge is 0.354 e. The van der Waals surface area contributed by atoms with Crippen molar-refractivity contribution in [2.75, 3.05) is 13.1 Å². The molecular formula is C16H21N3O3. The molecule has 22 heavy (non-hydrogen) atoms. The molecule has 1 aromatic carbocycles. The maximum Gasteiger partial charge on any atom is 0.325 e. The lowest BCUT2D eigenvalue weighted by atomic mass is 10.1. The minimum absolute atomic E-state index is 0.223. The fraction of sp³-hybridized carbons (Fsp3) is 0.438. The van der Waals surface area contributed by atoms with Crippen LogP contribution in [0.3, 0.4) is 0 Å². The quantitative estimate of drug-likeness (QED) is 0.740. The average molecular weight is 303 g/mol. The van der Waals surface area contributed by atoms with Gasteiger partial charge in [-0.1, -0.05) is 43.7 Å². The van der Waals surface area contributed by atoms with Gasteiger partial charge >= 0.3 is 6.03 Å². The van der Waals surface area contributed by atoms with Gasteiger partial charge in [0.15, 0.2) is 0 Å². The molecule has 118 valence electrons. The summed E-state index contributed by atoms with van der Waals surface area (Å²) in [5, 5.41) is 5.33. The Hall–Kier alpha value is -2.37. The second kappa shape index (κ2) is 7.59. The minimum Gasteiger partial charge on any atom is -0.354 e. The molecule has 1 aliphatic rings. The highest BCUT2D eigenvalue weighted by molar-refractivity contribution is 6.06. The standard InChI is InChI=1S/C16H21N3O3/c1-2-6-13-15(21)19(16(22)18-13)11-14(20)17-10-9-12-7-4-3-5-8-12/h3-5,7-8,13H,2,6,9-11H2,1H3,(H,17,20)(H,18,22). The van der Waals surface area contributed by atoms with Crippen LogP contribution in [0.1, 0.15) is 25.3 Å². The number of carbonyl (C=O) groups excluding carboxylic acids is 3. The zero-order valence-corrected chi connectivity index (χ0v) is 12.7. The highest BCUT2D eigenvalue weighted by atomic mass is 16.2. The van der Waals surface area contributed by atoms with E-state index in [1.54, 1.807) is 0 Å². The molecule has 4 amide bonds. The van der Waals surface area contributed by atoms with Crippen molar-refractivity contribution in [3.8, 4) is 0 Å². The maximum atomic E-state index is 12.0. The van der Waals surface area contributed by atoms with Gasteiger partial charge in [-0.15, -0.1) is 0 Å². The Bertz CT molecular complexity index is 545. The van der Waals surface area contributed by atoms with Gasteiger partial charge in [0.05, 0.1) is 0 Å². The Kier molecular flexibility index (Phi) is 5.52. The Morgan fingerprint density at radius 2 is 2.00 bits per heavy atom. The molecule has 1 atom stereocenters. The Balaban J connectivity index is 1.77. The minimum atomic E-state index is -0.491. The van der Waals surface area contributed by atoms with Gasteiger partial charge in [-0.2, -0.15) is 0 Å². The first-order valence-electron chi connectivity index (χ1n) is 7.54. The predicted molar refractivity (Wildman–Crippen MR) is 82.1 cm³/mol. The van der Waals surface area contributed by atoms with Crippen molar-refractivity contribution in [1.82, 2.24) is 15.5 Å². The molecular weight excluding hydrogens is 282 g/mol. The number of amides is 4. The molecule has 1 fully saturated rings.